The van der Waals surface area contributed by atoms with Gasteiger partial charge in [-0.15, -0.1) is 0 Å². The van der Waals surface area contributed by atoms with Gasteiger partial charge in [0.2, 0.25) is 0 Å². The number of benzene rings is 1. The number of rotatable bonds is 4. The number of imide groups is 1. The molecule has 1 N–H and O–H groups in total. The maximum atomic E-state index is 13.2. The fraction of sp³-hybridized carbons (Fsp3) is 0.520. The highest BCUT2D eigenvalue weighted by atomic mass is 16.5. The van der Waals surface area contributed by atoms with Crippen LogP contribution in [0, 0.1) is 25.2 Å². The maximum Gasteiger partial charge on any atom is 0.336 e. The molecule has 33 heavy (non-hydrogen) atoms. The molecule has 1 saturated carbocycles. The van der Waals surface area contributed by atoms with Crippen molar-refractivity contribution in [3.63, 3.8) is 0 Å². The van der Waals surface area contributed by atoms with Crippen LogP contribution < -0.4 is 10.9 Å². The zero-order valence-electron chi connectivity index (χ0n) is 19.7. The molecule has 0 bridgehead atoms. The van der Waals surface area contributed by atoms with Gasteiger partial charge in [-0.2, -0.15) is 0 Å². The Kier molecular flexibility index (Phi) is 5.58. The predicted octanol–water partition coefficient (Wildman–Crippen LogP) is 3.59. The first-order valence-corrected chi connectivity index (χ1v) is 11.2. The molecule has 2 heterocycles. The number of nitrogens with one attached hydrogen (secondary N) is 1. The Hall–Kier alpha value is -3.16. The van der Waals surface area contributed by atoms with Crippen molar-refractivity contribution in [2.24, 2.45) is 11.3 Å². The second-order valence-corrected chi connectivity index (χ2v) is 10.4. The molecule has 1 aromatic heterocycles. The third-order valence-corrected chi connectivity index (χ3v) is 6.82. The summed E-state index contributed by atoms with van der Waals surface area (Å²) in [6.07, 6.45) is 2.06. The van der Waals surface area contributed by atoms with Gasteiger partial charge in [0, 0.05) is 17.0 Å². The van der Waals surface area contributed by atoms with E-state index in [1.54, 1.807) is 0 Å². The molecule has 4 rings (SSSR count). The summed E-state index contributed by atoms with van der Waals surface area (Å²) in [6.45, 7) is 9.39. The van der Waals surface area contributed by atoms with Crippen molar-refractivity contribution >= 4 is 28.9 Å². The molecule has 2 fully saturated rings. The number of nitrogens with zero attached hydrogens (tertiary/aromatic N) is 1. The van der Waals surface area contributed by atoms with Crippen LogP contribution in [-0.4, -0.2) is 34.9 Å². The third kappa shape index (κ3) is 4.26. The Morgan fingerprint density at radius 3 is 2.64 bits per heavy atom. The van der Waals surface area contributed by atoms with Crippen molar-refractivity contribution in [1.82, 2.24) is 10.2 Å². The van der Waals surface area contributed by atoms with Gasteiger partial charge in [-0.25, -0.2) is 9.59 Å². The summed E-state index contributed by atoms with van der Waals surface area (Å²) < 4.78 is 10.7. The molecule has 2 aromatic rings. The quantitative estimate of drug-likeness (QED) is 0.430. The largest absolute Gasteiger partial charge is 0.459 e. The zero-order valence-corrected chi connectivity index (χ0v) is 19.7. The highest BCUT2D eigenvalue weighted by Crippen LogP contribution is 2.46. The number of hydrogen-bond donors (Lipinski definition) is 1. The van der Waals surface area contributed by atoms with Crippen molar-refractivity contribution in [3.05, 3.63) is 45.3 Å². The zero-order chi connectivity index (χ0) is 24.1. The van der Waals surface area contributed by atoms with Gasteiger partial charge in [-0.3, -0.25) is 14.5 Å². The molecule has 3 amide bonds. The number of esters is 1. The molecule has 1 saturated heterocycles. The number of carbonyl (C=O) groups excluding carboxylic acids is 3. The van der Waals surface area contributed by atoms with E-state index >= 15 is 0 Å². The standard InChI is InChI=1S/C25H30N2O6/c1-14-9-24(4,5)13-25(10-14)22(30)27(23(31)26-25)11-20(29)32-12-17-8-19(28)33-21-16(3)15(2)6-7-18(17)21/h6-8,14H,9-13H2,1-5H3,(H,26,31). The van der Waals surface area contributed by atoms with Gasteiger partial charge >= 0.3 is 17.6 Å². The van der Waals surface area contributed by atoms with E-state index in [-0.39, 0.29) is 23.8 Å². The Labute approximate surface area is 192 Å². The first kappa shape index (κ1) is 23.0. The average molecular weight is 455 g/mol. The van der Waals surface area contributed by atoms with Gasteiger partial charge in [-0.05, 0) is 55.6 Å². The Balaban J connectivity index is 1.48. The summed E-state index contributed by atoms with van der Waals surface area (Å²) in [5, 5.41) is 3.53. The molecular formula is C25H30N2O6. The van der Waals surface area contributed by atoms with Crippen LogP contribution in [0.5, 0.6) is 0 Å². The number of carbonyl (C=O) groups is 3. The van der Waals surface area contributed by atoms with E-state index in [1.165, 1.54) is 6.07 Å². The highest BCUT2D eigenvalue weighted by Gasteiger charge is 2.56. The molecule has 2 aliphatic rings. The van der Waals surface area contributed by atoms with Gasteiger partial charge in [0.1, 0.15) is 24.3 Å². The second kappa shape index (κ2) is 8.01. The second-order valence-electron chi connectivity index (χ2n) is 10.4. The van der Waals surface area contributed by atoms with Gasteiger partial charge in [0.25, 0.3) is 5.91 Å². The summed E-state index contributed by atoms with van der Waals surface area (Å²) >= 11 is 0. The van der Waals surface area contributed by atoms with Crippen molar-refractivity contribution in [2.75, 3.05) is 6.54 Å². The van der Waals surface area contributed by atoms with Crippen LogP contribution in [0.4, 0.5) is 4.79 Å². The Bertz CT molecular complexity index is 1210. The van der Waals surface area contributed by atoms with Gasteiger partial charge in [0.15, 0.2) is 0 Å². The Morgan fingerprint density at radius 2 is 1.94 bits per heavy atom. The minimum atomic E-state index is -0.970. The number of aryl methyl sites for hydroxylation is 2. The van der Waals surface area contributed by atoms with Crippen molar-refractivity contribution in [1.29, 1.82) is 0 Å². The molecule has 1 aliphatic heterocycles. The van der Waals surface area contributed by atoms with Crippen LogP contribution in [0.3, 0.4) is 0 Å². The van der Waals surface area contributed by atoms with Crippen LogP contribution in [0.15, 0.2) is 27.4 Å². The van der Waals surface area contributed by atoms with Gasteiger partial charge < -0.3 is 14.5 Å². The van der Waals surface area contributed by atoms with Crippen molar-refractivity contribution in [3.8, 4) is 0 Å². The first-order chi connectivity index (χ1) is 15.4. The van der Waals surface area contributed by atoms with Crippen molar-refractivity contribution in [2.45, 2.75) is 66.0 Å². The van der Waals surface area contributed by atoms with E-state index in [1.807, 2.05) is 26.0 Å². The van der Waals surface area contributed by atoms with E-state index in [9.17, 15) is 19.2 Å². The predicted molar refractivity (Wildman–Crippen MR) is 122 cm³/mol. The molecule has 1 aromatic carbocycles. The number of amides is 3. The lowest BCUT2D eigenvalue weighted by Crippen LogP contribution is -2.54. The fourth-order valence-corrected chi connectivity index (χ4v) is 5.63. The number of urea groups is 1. The Morgan fingerprint density at radius 1 is 1.21 bits per heavy atom. The topological polar surface area (TPSA) is 106 Å². The van der Waals surface area contributed by atoms with Crippen LogP contribution in [-0.2, 0) is 20.9 Å². The molecule has 1 spiro atoms. The van der Waals surface area contributed by atoms with Crippen LogP contribution in [0.25, 0.3) is 11.0 Å². The number of hydrogen-bond acceptors (Lipinski definition) is 6. The minimum Gasteiger partial charge on any atom is -0.459 e. The molecule has 176 valence electrons. The minimum absolute atomic E-state index is 0.0942. The summed E-state index contributed by atoms with van der Waals surface area (Å²) in [4.78, 5) is 51.3. The molecular weight excluding hydrogens is 424 g/mol. The first-order valence-electron chi connectivity index (χ1n) is 11.2. The highest BCUT2D eigenvalue weighted by molar-refractivity contribution is 6.08. The average Bonchev–Trinajstić information content (AvgIpc) is 2.91. The maximum absolute atomic E-state index is 13.2. The summed E-state index contributed by atoms with van der Waals surface area (Å²) in [5.74, 6) is -0.820. The van der Waals surface area contributed by atoms with Crippen LogP contribution in [0.2, 0.25) is 0 Å². The molecule has 2 unspecified atom stereocenters. The lowest BCUT2D eigenvalue weighted by Gasteiger charge is -2.43. The van der Waals surface area contributed by atoms with Crippen molar-refractivity contribution < 1.29 is 23.5 Å². The van der Waals surface area contributed by atoms with E-state index in [2.05, 4.69) is 26.1 Å². The normalized spacial score (nSPS) is 24.4. The smallest absolute Gasteiger partial charge is 0.336 e. The van der Waals surface area contributed by atoms with E-state index in [0.29, 0.717) is 29.4 Å². The molecule has 8 nitrogen and oxygen atoms in total. The summed E-state index contributed by atoms with van der Waals surface area (Å²) in [5.41, 5.74) is 1.19. The summed E-state index contributed by atoms with van der Waals surface area (Å²) in [7, 11) is 0. The lowest BCUT2D eigenvalue weighted by atomic mass is 9.64. The number of fused-ring (bicyclic) bond motifs is 1. The molecule has 2 atom stereocenters. The molecule has 1 aliphatic carbocycles. The van der Waals surface area contributed by atoms with Gasteiger partial charge in [-0.1, -0.05) is 32.9 Å². The van der Waals surface area contributed by atoms with Crippen LogP contribution >= 0.6 is 0 Å². The molecule has 8 heteroatoms. The summed E-state index contributed by atoms with van der Waals surface area (Å²) in [6, 6.07) is 4.44. The fourth-order valence-electron chi connectivity index (χ4n) is 5.63. The lowest BCUT2D eigenvalue weighted by molar-refractivity contribution is -0.149. The van der Waals surface area contributed by atoms with Crippen LogP contribution in [0.1, 0.15) is 56.7 Å². The monoisotopic (exact) mass is 454 g/mol. The SMILES string of the molecule is Cc1ccc2c(COC(=O)CN3C(=O)NC4(CC(C)CC(C)(C)C4)C3=O)cc(=O)oc2c1C. The van der Waals surface area contributed by atoms with E-state index in [4.69, 9.17) is 9.15 Å². The van der Waals surface area contributed by atoms with E-state index in [0.717, 1.165) is 22.4 Å². The molecule has 0 radical (unpaired) electrons. The number of ether oxygens (including phenoxy) is 1. The van der Waals surface area contributed by atoms with Gasteiger partial charge in [0.05, 0.1) is 0 Å². The third-order valence-electron chi connectivity index (χ3n) is 6.82. The van der Waals surface area contributed by atoms with E-state index < -0.39 is 29.7 Å².